The lowest BCUT2D eigenvalue weighted by molar-refractivity contribution is -0.148. The van der Waals surface area contributed by atoms with Crippen molar-refractivity contribution in [3.05, 3.63) is 34.4 Å². The molecule has 1 fully saturated rings. The number of nitrogens with two attached hydrogens (primary N) is 1. The van der Waals surface area contributed by atoms with Gasteiger partial charge in [0.05, 0.1) is 19.7 Å². The summed E-state index contributed by atoms with van der Waals surface area (Å²) in [6, 6.07) is 4.25. The zero-order valence-electron chi connectivity index (χ0n) is 15.4. The molecule has 3 N–H and O–H groups in total. The maximum absolute atomic E-state index is 12.3. The summed E-state index contributed by atoms with van der Waals surface area (Å²) in [5.41, 5.74) is 10.8. The topological polar surface area (TPSA) is 67.6 Å². The molecule has 24 heavy (non-hydrogen) atoms. The fraction of sp³-hybridized carbons (Fsp3) is 0.632. The Hall–Kier alpha value is -1.43. The Bertz CT molecular complexity index is 543. The molecule has 1 saturated heterocycles. The molecule has 1 aliphatic heterocycles. The SMILES string of the molecule is CON1CCC(CC(N)NC(=O)Cc2c(C)cc(C)cc2C)CC1. The third kappa shape index (κ3) is 5.30. The van der Waals surface area contributed by atoms with Crippen LogP contribution in [0.15, 0.2) is 12.1 Å². The lowest BCUT2D eigenvalue weighted by Gasteiger charge is -2.31. The van der Waals surface area contributed by atoms with E-state index in [1.807, 2.05) is 5.06 Å². The molecule has 0 radical (unpaired) electrons. The Morgan fingerprint density at radius 1 is 1.29 bits per heavy atom. The van der Waals surface area contributed by atoms with Crippen molar-refractivity contribution in [1.29, 1.82) is 0 Å². The normalized spacial score (nSPS) is 17.7. The Morgan fingerprint density at radius 3 is 2.42 bits per heavy atom. The van der Waals surface area contributed by atoms with Gasteiger partial charge in [0.25, 0.3) is 0 Å². The van der Waals surface area contributed by atoms with Gasteiger partial charge in [-0.15, -0.1) is 0 Å². The average molecular weight is 333 g/mol. The molecule has 134 valence electrons. The van der Waals surface area contributed by atoms with Crippen molar-refractivity contribution in [3.8, 4) is 0 Å². The van der Waals surface area contributed by atoms with E-state index in [9.17, 15) is 4.79 Å². The molecule has 1 unspecified atom stereocenters. The van der Waals surface area contributed by atoms with E-state index < -0.39 is 0 Å². The first-order valence-electron chi connectivity index (χ1n) is 8.79. The number of carbonyl (C=O) groups is 1. The van der Waals surface area contributed by atoms with Gasteiger partial charge in [0, 0.05) is 13.1 Å². The zero-order chi connectivity index (χ0) is 17.7. The van der Waals surface area contributed by atoms with Crippen molar-refractivity contribution < 1.29 is 9.63 Å². The Balaban J connectivity index is 1.82. The third-order valence-electron chi connectivity index (χ3n) is 4.94. The monoisotopic (exact) mass is 333 g/mol. The number of nitrogens with one attached hydrogen (secondary N) is 1. The van der Waals surface area contributed by atoms with Crippen molar-refractivity contribution in [2.75, 3.05) is 20.2 Å². The van der Waals surface area contributed by atoms with Gasteiger partial charge in [0.2, 0.25) is 5.91 Å². The number of hydroxylamine groups is 2. The summed E-state index contributed by atoms with van der Waals surface area (Å²) in [7, 11) is 1.71. The summed E-state index contributed by atoms with van der Waals surface area (Å²) >= 11 is 0. The first kappa shape index (κ1) is 18.9. The molecule has 0 aliphatic carbocycles. The Morgan fingerprint density at radius 2 is 1.88 bits per heavy atom. The van der Waals surface area contributed by atoms with E-state index in [1.165, 1.54) is 16.7 Å². The molecule has 1 aliphatic rings. The summed E-state index contributed by atoms with van der Waals surface area (Å²) in [6.07, 6.45) is 3.08. The molecule has 0 bridgehead atoms. The first-order chi connectivity index (χ1) is 11.4. The largest absolute Gasteiger partial charge is 0.341 e. The number of benzene rings is 1. The smallest absolute Gasteiger partial charge is 0.225 e. The van der Waals surface area contributed by atoms with Crippen LogP contribution in [0.3, 0.4) is 0 Å². The molecule has 0 aromatic heterocycles. The Kier molecular flexibility index (Phi) is 6.78. The first-order valence-corrected chi connectivity index (χ1v) is 8.79. The van der Waals surface area contributed by atoms with E-state index in [1.54, 1.807) is 7.11 Å². The van der Waals surface area contributed by atoms with Gasteiger partial charge in [0.15, 0.2) is 0 Å². The molecule has 1 atom stereocenters. The van der Waals surface area contributed by atoms with Crippen LogP contribution in [0.25, 0.3) is 0 Å². The number of hydrogen-bond donors (Lipinski definition) is 2. The molecule has 5 heteroatoms. The van der Waals surface area contributed by atoms with Crippen LogP contribution in [0.5, 0.6) is 0 Å². The second-order valence-electron chi connectivity index (χ2n) is 7.02. The molecular formula is C19H31N3O2. The highest BCUT2D eigenvalue weighted by atomic mass is 16.7. The van der Waals surface area contributed by atoms with Gasteiger partial charge in [0.1, 0.15) is 0 Å². The molecule has 1 heterocycles. The summed E-state index contributed by atoms with van der Waals surface area (Å²) in [4.78, 5) is 17.6. The van der Waals surface area contributed by atoms with Crippen LogP contribution in [0, 0.1) is 26.7 Å². The second-order valence-corrected chi connectivity index (χ2v) is 7.02. The van der Waals surface area contributed by atoms with E-state index in [0.717, 1.165) is 37.9 Å². The van der Waals surface area contributed by atoms with Gasteiger partial charge < -0.3 is 15.9 Å². The van der Waals surface area contributed by atoms with E-state index in [0.29, 0.717) is 12.3 Å². The third-order valence-corrected chi connectivity index (χ3v) is 4.94. The van der Waals surface area contributed by atoms with Crippen molar-refractivity contribution in [2.45, 2.75) is 52.6 Å². The molecule has 2 rings (SSSR count). The minimum atomic E-state index is -0.275. The van der Waals surface area contributed by atoms with Crippen LogP contribution < -0.4 is 11.1 Å². The van der Waals surface area contributed by atoms with E-state index in [-0.39, 0.29) is 12.1 Å². The standard InChI is InChI=1S/C19H31N3O2/c1-13-9-14(2)17(15(3)10-13)12-19(23)21-18(20)11-16-5-7-22(24-4)8-6-16/h9-10,16,18H,5-8,11-12,20H2,1-4H3,(H,21,23). The van der Waals surface area contributed by atoms with Crippen molar-refractivity contribution in [1.82, 2.24) is 10.4 Å². The van der Waals surface area contributed by atoms with Crippen molar-refractivity contribution in [2.24, 2.45) is 11.7 Å². The van der Waals surface area contributed by atoms with E-state index in [4.69, 9.17) is 10.6 Å². The number of hydrogen-bond acceptors (Lipinski definition) is 4. The zero-order valence-corrected chi connectivity index (χ0v) is 15.4. The summed E-state index contributed by atoms with van der Waals surface area (Å²) < 4.78 is 0. The van der Waals surface area contributed by atoms with E-state index >= 15 is 0 Å². The molecular weight excluding hydrogens is 302 g/mol. The lowest BCUT2D eigenvalue weighted by atomic mass is 9.93. The summed E-state index contributed by atoms with van der Waals surface area (Å²) in [5, 5.41) is 4.94. The summed E-state index contributed by atoms with van der Waals surface area (Å²) in [5.74, 6) is 0.557. The van der Waals surface area contributed by atoms with Crippen LogP contribution in [0.1, 0.15) is 41.5 Å². The fourth-order valence-electron chi connectivity index (χ4n) is 3.65. The fourth-order valence-corrected chi connectivity index (χ4v) is 3.65. The van der Waals surface area contributed by atoms with Gasteiger partial charge in [-0.05, 0) is 62.6 Å². The lowest BCUT2D eigenvalue weighted by Crippen LogP contribution is -2.45. The van der Waals surface area contributed by atoms with Crippen LogP contribution >= 0.6 is 0 Å². The minimum absolute atomic E-state index is 0.00637. The highest BCUT2D eigenvalue weighted by Gasteiger charge is 2.22. The molecule has 0 saturated carbocycles. The number of carbonyl (C=O) groups excluding carboxylic acids is 1. The highest BCUT2D eigenvalue weighted by molar-refractivity contribution is 5.79. The average Bonchev–Trinajstić information content (AvgIpc) is 2.51. The molecule has 1 amide bonds. The Labute approximate surface area is 145 Å². The van der Waals surface area contributed by atoms with Gasteiger partial charge in [-0.3, -0.25) is 4.79 Å². The predicted molar refractivity (Wildman–Crippen MR) is 96.4 cm³/mol. The number of amides is 1. The van der Waals surface area contributed by atoms with Gasteiger partial charge in [-0.1, -0.05) is 17.7 Å². The number of piperidine rings is 1. The van der Waals surface area contributed by atoms with Gasteiger partial charge in [-0.25, -0.2) is 0 Å². The van der Waals surface area contributed by atoms with Crippen LogP contribution in [-0.2, 0) is 16.1 Å². The predicted octanol–water partition coefficient (Wildman–Crippen LogP) is 2.22. The van der Waals surface area contributed by atoms with E-state index in [2.05, 4.69) is 38.2 Å². The highest BCUT2D eigenvalue weighted by Crippen LogP contribution is 2.21. The van der Waals surface area contributed by atoms with Crippen LogP contribution in [0.2, 0.25) is 0 Å². The van der Waals surface area contributed by atoms with Crippen LogP contribution in [0.4, 0.5) is 0 Å². The number of rotatable bonds is 6. The quantitative estimate of drug-likeness (QED) is 0.783. The van der Waals surface area contributed by atoms with Crippen LogP contribution in [-0.4, -0.2) is 37.3 Å². The molecule has 0 spiro atoms. The van der Waals surface area contributed by atoms with Gasteiger partial charge >= 0.3 is 0 Å². The van der Waals surface area contributed by atoms with Crippen molar-refractivity contribution in [3.63, 3.8) is 0 Å². The second kappa shape index (κ2) is 8.60. The summed E-state index contributed by atoms with van der Waals surface area (Å²) in [6.45, 7) is 8.07. The number of nitrogens with zero attached hydrogens (tertiary/aromatic N) is 1. The molecule has 5 nitrogen and oxygen atoms in total. The molecule has 1 aromatic rings. The minimum Gasteiger partial charge on any atom is -0.341 e. The molecule has 1 aromatic carbocycles. The number of aryl methyl sites for hydroxylation is 3. The maximum Gasteiger partial charge on any atom is 0.225 e. The maximum atomic E-state index is 12.3. The van der Waals surface area contributed by atoms with Crippen molar-refractivity contribution >= 4 is 5.91 Å². The van der Waals surface area contributed by atoms with Gasteiger partial charge in [-0.2, -0.15) is 5.06 Å².